The zero-order valence-electron chi connectivity index (χ0n) is 10.5. The summed E-state index contributed by atoms with van der Waals surface area (Å²) in [7, 11) is -1.57. The van der Waals surface area contributed by atoms with E-state index in [1.54, 1.807) is 48.7 Å². The Morgan fingerprint density at radius 1 is 1.10 bits per heavy atom. The molecule has 0 unspecified atom stereocenters. The zero-order chi connectivity index (χ0) is 14.1. The summed E-state index contributed by atoms with van der Waals surface area (Å²) < 4.78 is 2.74. The Morgan fingerprint density at radius 3 is 2.60 bits per heavy atom. The third kappa shape index (κ3) is 2.13. The van der Waals surface area contributed by atoms with Crippen molar-refractivity contribution in [1.82, 2.24) is 14.2 Å². The summed E-state index contributed by atoms with van der Waals surface area (Å²) in [5.74, 6) is 0. The van der Waals surface area contributed by atoms with E-state index in [2.05, 4.69) is 5.10 Å². The van der Waals surface area contributed by atoms with Gasteiger partial charge < -0.3 is 10.0 Å². The maximum atomic E-state index is 12.2. The molecule has 0 radical (unpaired) electrons. The molecule has 0 saturated carbocycles. The van der Waals surface area contributed by atoms with Crippen LogP contribution in [0.15, 0.2) is 53.5 Å². The van der Waals surface area contributed by atoms with E-state index in [0.29, 0.717) is 16.7 Å². The molecule has 2 aromatic heterocycles. The van der Waals surface area contributed by atoms with Crippen molar-refractivity contribution < 1.29 is 10.0 Å². The van der Waals surface area contributed by atoms with Crippen LogP contribution in [0.3, 0.4) is 0 Å². The van der Waals surface area contributed by atoms with Gasteiger partial charge in [0.05, 0.1) is 6.54 Å². The minimum Gasteiger partial charge on any atom is -0.423 e. The second-order valence-corrected chi connectivity index (χ2v) is 4.44. The fourth-order valence-corrected chi connectivity index (χ4v) is 2.16. The molecule has 3 aromatic rings. The van der Waals surface area contributed by atoms with E-state index in [0.717, 1.165) is 0 Å². The number of pyridine rings is 1. The molecule has 0 spiro atoms. The van der Waals surface area contributed by atoms with Gasteiger partial charge >= 0.3 is 12.8 Å². The van der Waals surface area contributed by atoms with E-state index in [4.69, 9.17) is 0 Å². The van der Waals surface area contributed by atoms with E-state index in [1.165, 1.54) is 9.08 Å². The second kappa shape index (κ2) is 4.95. The van der Waals surface area contributed by atoms with Gasteiger partial charge in [-0.15, -0.1) is 5.10 Å². The molecule has 0 aliphatic carbocycles. The fraction of sp³-hybridized carbons (Fsp3) is 0.0769. The molecular weight excluding hydrogens is 257 g/mol. The van der Waals surface area contributed by atoms with Crippen LogP contribution >= 0.6 is 0 Å². The molecule has 6 nitrogen and oxygen atoms in total. The lowest BCUT2D eigenvalue weighted by Crippen LogP contribution is -2.35. The van der Waals surface area contributed by atoms with Crippen LogP contribution in [0.4, 0.5) is 0 Å². The van der Waals surface area contributed by atoms with Crippen molar-refractivity contribution in [3.05, 3.63) is 64.7 Å². The van der Waals surface area contributed by atoms with Crippen LogP contribution < -0.4 is 11.2 Å². The molecule has 2 N–H and O–H groups in total. The highest BCUT2D eigenvalue weighted by molar-refractivity contribution is 6.59. The first-order valence-corrected chi connectivity index (χ1v) is 6.15. The van der Waals surface area contributed by atoms with Crippen molar-refractivity contribution in [2.24, 2.45) is 0 Å². The van der Waals surface area contributed by atoms with Gasteiger partial charge in [-0.25, -0.2) is 9.48 Å². The largest absolute Gasteiger partial charge is 0.488 e. The summed E-state index contributed by atoms with van der Waals surface area (Å²) in [6.45, 7) is 0.189. The molecule has 1 aromatic carbocycles. The molecule has 7 heteroatoms. The first kappa shape index (κ1) is 12.6. The van der Waals surface area contributed by atoms with Crippen LogP contribution in [-0.4, -0.2) is 31.3 Å². The van der Waals surface area contributed by atoms with E-state index in [9.17, 15) is 14.8 Å². The van der Waals surface area contributed by atoms with E-state index in [1.807, 2.05) is 0 Å². The van der Waals surface area contributed by atoms with E-state index in [-0.39, 0.29) is 12.2 Å². The number of benzene rings is 1. The Balaban J connectivity index is 2.06. The Kier molecular flexibility index (Phi) is 3.13. The number of rotatable bonds is 3. The lowest BCUT2D eigenvalue weighted by atomic mass is 9.77. The number of hydrogen-bond donors (Lipinski definition) is 2. The van der Waals surface area contributed by atoms with Crippen molar-refractivity contribution >= 4 is 18.2 Å². The number of nitrogens with zero attached hydrogens (tertiary/aromatic N) is 3. The van der Waals surface area contributed by atoms with Crippen molar-refractivity contribution in [1.29, 1.82) is 0 Å². The van der Waals surface area contributed by atoms with Gasteiger partial charge in [0.2, 0.25) is 0 Å². The Hall–Kier alpha value is -2.38. The standard InChI is InChI=1S/C13H12BN3O3/c18-13-16-8-4-3-7-12(16)15-17(13)9-10-5-1-2-6-11(10)14(19)20/h1-8,19-20H,9H2. The van der Waals surface area contributed by atoms with Crippen LogP contribution in [-0.2, 0) is 6.54 Å². The van der Waals surface area contributed by atoms with Gasteiger partial charge in [0.15, 0.2) is 5.65 Å². The molecule has 20 heavy (non-hydrogen) atoms. The highest BCUT2D eigenvalue weighted by Crippen LogP contribution is 2.01. The summed E-state index contributed by atoms with van der Waals surface area (Å²) in [6, 6.07) is 12.1. The molecule has 3 rings (SSSR count). The average Bonchev–Trinajstić information content (AvgIpc) is 2.76. The Morgan fingerprint density at radius 2 is 1.85 bits per heavy atom. The summed E-state index contributed by atoms with van der Waals surface area (Å²) in [5.41, 5.74) is 1.31. The van der Waals surface area contributed by atoms with Gasteiger partial charge in [-0.2, -0.15) is 0 Å². The predicted octanol–water partition coefficient (Wildman–Crippen LogP) is -0.776. The highest BCUT2D eigenvalue weighted by atomic mass is 16.4. The fourth-order valence-electron chi connectivity index (χ4n) is 2.16. The minimum absolute atomic E-state index is 0.189. The second-order valence-electron chi connectivity index (χ2n) is 4.44. The van der Waals surface area contributed by atoms with Crippen molar-refractivity contribution in [3.8, 4) is 0 Å². The van der Waals surface area contributed by atoms with Crippen LogP contribution in [0.2, 0.25) is 0 Å². The monoisotopic (exact) mass is 269 g/mol. The van der Waals surface area contributed by atoms with Gasteiger partial charge in [-0.05, 0) is 23.2 Å². The van der Waals surface area contributed by atoms with Crippen LogP contribution in [0.1, 0.15) is 5.56 Å². The zero-order valence-corrected chi connectivity index (χ0v) is 10.5. The molecule has 0 fully saturated rings. The summed E-state index contributed by atoms with van der Waals surface area (Å²) in [5, 5.41) is 22.9. The maximum absolute atomic E-state index is 12.2. The summed E-state index contributed by atoms with van der Waals surface area (Å²) in [4.78, 5) is 12.2. The molecule has 0 aliphatic heterocycles. The molecular formula is C13H12BN3O3. The van der Waals surface area contributed by atoms with Gasteiger partial charge in [0.25, 0.3) is 0 Å². The topological polar surface area (TPSA) is 79.8 Å². The molecule has 2 heterocycles. The van der Waals surface area contributed by atoms with Crippen LogP contribution in [0, 0.1) is 0 Å². The summed E-state index contributed by atoms with van der Waals surface area (Å²) >= 11 is 0. The quantitative estimate of drug-likeness (QED) is 0.611. The maximum Gasteiger partial charge on any atom is 0.488 e. The first-order valence-electron chi connectivity index (χ1n) is 6.15. The lowest BCUT2D eigenvalue weighted by Gasteiger charge is -2.07. The van der Waals surface area contributed by atoms with Crippen molar-refractivity contribution in [3.63, 3.8) is 0 Å². The normalized spacial score (nSPS) is 10.9. The molecule has 0 saturated heterocycles. The lowest BCUT2D eigenvalue weighted by molar-refractivity contribution is 0.425. The smallest absolute Gasteiger partial charge is 0.423 e. The van der Waals surface area contributed by atoms with Gasteiger partial charge in [-0.1, -0.05) is 30.3 Å². The molecule has 0 aliphatic rings. The van der Waals surface area contributed by atoms with E-state index < -0.39 is 7.12 Å². The third-order valence-electron chi connectivity index (χ3n) is 3.14. The third-order valence-corrected chi connectivity index (χ3v) is 3.14. The van der Waals surface area contributed by atoms with Crippen molar-refractivity contribution in [2.75, 3.05) is 0 Å². The molecule has 0 atom stereocenters. The SMILES string of the molecule is O=c1n(Cc2ccccc2B(O)O)nc2ccccn12. The minimum atomic E-state index is -1.57. The highest BCUT2D eigenvalue weighted by Gasteiger charge is 2.16. The predicted molar refractivity (Wildman–Crippen MR) is 74.8 cm³/mol. The first-order chi connectivity index (χ1) is 9.66. The molecule has 0 amide bonds. The number of aromatic nitrogens is 3. The number of fused-ring (bicyclic) bond motifs is 1. The number of hydrogen-bond acceptors (Lipinski definition) is 4. The summed E-state index contributed by atoms with van der Waals surface area (Å²) in [6.07, 6.45) is 1.65. The Bertz CT molecular complexity index is 810. The van der Waals surface area contributed by atoms with Gasteiger partial charge in [0, 0.05) is 6.20 Å². The average molecular weight is 269 g/mol. The molecule has 0 bridgehead atoms. The van der Waals surface area contributed by atoms with Crippen LogP contribution in [0.5, 0.6) is 0 Å². The molecule has 100 valence electrons. The van der Waals surface area contributed by atoms with Crippen molar-refractivity contribution in [2.45, 2.75) is 6.54 Å². The van der Waals surface area contributed by atoms with Gasteiger partial charge in [0.1, 0.15) is 0 Å². The van der Waals surface area contributed by atoms with Gasteiger partial charge in [-0.3, -0.25) is 4.40 Å². The van der Waals surface area contributed by atoms with Crippen LogP contribution in [0.25, 0.3) is 5.65 Å². The van der Waals surface area contributed by atoms with E-state index >= 15 is 0 Å². The Labute approximate surface area is 114 Å².